The van der Waals surface area contributed by atoms with Crippen LogP contribution in [0.25, 0.3) is 0 Å². The lowest BCUT2D eigenvalue weighted by atomic mass is 9.95. The lowest BCUT2D eigenvalue weighted by Gasteiger charge is -2.29. The maximum Gasteiger partial charge on any atom is 0.127 e. The first-order chi connectivity index (χ1) is 10.3. The van der Waals surface area contributed by atoms with Gasteiger partial charge in [0.1, 0.15) is 5.82 Å². The van der Waals surface area contributed by atoms with Crippen LogP contribution in [0, 0.1) is 11.7 Å². The highest BCUT2D eigenvalue weighted by Gasteiger charge is 2.33. The Balaban J connectivity index is 1.71. The quantitative estimate of drug-likeness (QED) is 0.889. The predicted molar refractivity (Wildman–Crippen MR) is 84.6 cm³/mol. The Morgan fingerprint density at radius 2 is 2.00 bits per heavy atom. The Labute approximate surface area is 127 Å². The molecular formula is C18H27FN2. The molecule has 0 aromatic heterocycles. The van der Waals surface area contributed by atoms with E-state index in [4.69, 9.17) is 0 Å². The number of nitrogens with one attached hydrogen (secondary N) is 1. The Bertz CT molecular complexity index is 468. The van der Waals surface area contributed by atoms with Crippen molar-refractivity contribution in [1.29, 1.82) is 0 Å². The van der Waals surface area contributed by atoms with Crippen LogP contribution in [0.5, 0.6) is 0 Å². The van der Waals surface area contributed by atoms with Crippen molar-refractivity contribution in [2.24, 2.45) is 5.92 Å². The third kappa shape index (κ3) is 3.46. The molecule has 1 heterocycles. The van der Waals surface area contributed by atoms with Gasteiger partial charge in [-0.1, -0.05) is 25.0 Å². The summed E-state index contributed by atoms with van der Waals surface area (Å²) in [5, 5.41) is 3.14. The van der Waals surface area contributed by atoms with Gasteiger partial charge in [-0.05, 0) is 56.8 Å². The standard InChI is InChI=1S/C18H27FN2/c1-20-12-14-8-9-17(19)16(11-14)13-21-10-4-7-18(21)15-5-2-3-6-15/h8-9,11,15,18,20H,2-7,10,12-13H2,1H3. The Kier molecular flexibility index (Phi) is 4.91. The van der Waals surface area contributed by atoms with Crippen molar-refractivity contribution in [3.8, 4) is 0 Å². The van der Waals surface area contributed by atoms with Gasteiger partial charge in [0, 0.05) is 24.7 Å². The minimum atomic E-state index is -0.0491. The second kappa shape index (κ2) is 6.89. The highest BCUT2D eigenvalue weighted by molar-refractivity contribution is 5.25. The molecule has 0 radical (unpaired) electrons. The summed E-state index contributed by atoms with van der Waals surface area (Å²) in [7, 11) is 1.93. The molecular weight excluding hydrogens is 263 g/mol. The average Bonchev–Trinajstić information content (AvgIpc) is 3.13. The molecule has 1 unspecified atom stereocenters. The second-order valence-corrected chi connectivity index (χ2v) is 6.68. The maximum atomic E-state index is 14.1. The van der Waals surface area contributed by atoms with Crippen LogP contribution in [0.1, 0.15) is 49.7 Å². The molecule has 3 rings (SSSR count). The third-order valence-corrected chi connectivity index (χ3v) is 5.22. The number of benzene rings is 1. The van der Waals surface area contributed by atoms with Gasteiger partial charge in [-0.15, -0.1) is 0 Å². The number of hydrogen-bond donors (Lipinski definition) is 1. The van der Waals surface area contributed by atoms with Crippen LogP contribution in [-0.2, 0) is 13.1 Å². The number of likely N-dealkylation sites (tertiary alicyclic amines) is 1. The molecule has 2 fully saturated rings. The van der Waals surface area contributed by atoms with Gasteiger partial charge in [0.15, 0.2) is 0 Å². The van der Waals surface area contributed by atoms with E-state index in [0.29, 0.717) is 6.04 Å². The first-order valence-corrected chi connectivity index (χ1v) is 8.44. The van der Waals surface area contributed by atoms with Crippen LogP contribution in [0.2, 0.25) is 0 Å². The largest absolute Gasteiger partial charge is 0.316 e. The second-order valence-electron chi connectivity index (χ2n) is 6.68. The first kappa shape index (κ1) is 15.0. The molecule has 21 heavy (non-hydrogen) atoms. The summed E-state index contributed by atoms with van der Waals surface area (Å²) < 4.78 is 14.1. The van der Waals surface area contributed by atoms with E-state index in [1.165, 1.54) is 44.1 Å². The molecule has 0 bridgehead atoms. The van der Waals surface area contributed by atoms with Gasteiger partial charge in [0.25, 0.3) is 0 Å². The van der Waals surface area contributed by atoms with Crippen molar-refractivity contribution in [2.45, 2.75) is 57.7 Å². The zero-order valence-electron chi connectivity index (χ0n) is 13.1. The monoisotopic (exact) mass is 290 g/mol. The molecule has 0 spiro atoms. The smallest absolute Gasteiger partial charge is 0.127 e. The third-order valence-electron chi connectivity index (χ3n) is 5.22. The molecule has 3 heteroatoms. The van der Waals surface area contributed by atoms with E-state index in [1.54, 1.807) is 6.07 Å². The van der Waals surface area contributed by atoms with Gasteiger partial charge in [0.2, 0.25) is 0 Å². The van der Waals surface area contributed by atoms with Crippen LogP contribution in [-0.4, -0.2) is 24.5 Å². The van der Waals surface area contributed by atoms with Crippen LogP contribution >= 0.6 is 0 Å². The van der Waals surface area contributed by atoms with E-state index in [1.807, 2.05) is 19.2 Å². The Hall–Kier alpha value is -0.930. The minimum absolute atomic E-state index is 0.0491. The molecule has 1 aliphatic heterocycles. The van der Waals surface area contributed by atoms with E-state index in [2.05, 4.69) is 10.2 Å². The van der Waals surface area contributed by atoms with E-state index < -0.39 is 0 Å². The number of hydrogen-bond acceptors (Lipinski definition) is 2. The summed E-state index contributed by atoms with van der Waals surface area (Å²) in [6.07, 6.45) is 8.12. The minimum Gasteiger partial charge on any atom is -0.316 e. The van der Waals surface area contributed by atoms with Crippen molar-refractivity contribution in [3.63, 3.8) is 0 Å². The normalized spacial score (nSPS) is 24.0. The van der Waals surface area contributed by atoms with Crippen LogP contribution < -0.4 is 5.32 Å². The Morgan fingerprint density at radius 3 is 2.76 bits per heavy atom. The summed E-state index contributed by atoms with van der Waals surface area (Å²) in [6.45, 7) is 2.72. The topological polar surface area (TPSA) is 15.3 Å². The van der Waals surface area contributed by atoms with E-state index >= 15 is 0 Å². The summed E-state index contributed by atoms with van der Waals surface area (Å²) in [6, 6.07) is 6.24. The average molecular weight is 290 g/mol. The SMILES string of the molecule is CNCc1ccc(F)c(CN2CCCC2C2CCCC2)c1. The van der Waals surface area contributed by atoms with Crippen molar-refractivity contribution < 1.29 is 4.39 Å². The highest BCUT2D eigenvalue weighted by Crippen LogP contribution is 2.36. The predicted octanol–water partition coefficient (Wildman–Crippen LogP) is 3.70. The molecule has 1 aromatic carbocycles. The molecule has 0 amide bonds. The number of halogens is 1. The van der Waals surface area contributed by atoms with Gasteiger partial charge < -0.3 is 5.32 Å². The summed E-state index contributed by atoms with van der Waals surface area (Å²) in [4.78, 5) is 2.54. The van der Waals surface area contributed by atoms with E-state index in [-0.39, 0.29) is 5.82 Å². The van der Waals surface area contributed by atoms with Crippen molar-refractivity contribution in [1.82, 2.24) is 10.2 Å². The molecule has 1 N–H and O–H groups in total. The van der Waals surface area contributed by atoms with Crippen molar-refractivity contribution in [3.05, 3.63) is 35.1 Å². The van der Waals surface area contributed by atoms with Crippen LogP contribution in [0.4, 0.5) is 4.39 Å². The van der Waals surface area contributed by atoms with Gasteiger partial charge in [-0.3, -0.25) is 4.90 Å². The number of nitrogens with zero attached hydrogens (tertiary/aromatic N) is 1. The van der Waals surface area contributed by atoms with Gasteiger partial charge in [0.05, 0.1) is 0 Å². The molecule has 1 aliphatic carbocycles. The fraction of sp³-hybridized carbons (Fsp3) is 0.667. The lowest BCUT2D eigenvalue weighted by Crippen LogP contribution is -2.34. The maximum absolute atomic E-state index is 14.1. The number of rotatable bonds is 5. The van der Waals surface area contributed by atoms with E-state index in [0.717, 1.165) is 31.1 Å². The van der Waals surface area contributed by atoms with Gasteiger partial charge in [-0.25, -0.2) is 4.39 Å². The fourth-order valence-electron chi connectivity index (χ4n) is 4.21. The highest BCUT2D eigenvalue weighted by atomic mass is 19.1. The summed E-state index contributed by atoms with van der Waals surface area (Å²) in [5.41, 5.74) is 2.04. The molecule has 116 valence electrons. The zero-order valence-corrected chi connectivity index (χ0v) is 13.1. The summed E-state index contributed by atoms with van der Waals surface area (Å²) >= 11 is 0. The van der Waals surface area contributed by atoms with Crippen molar-refractivity contribution >= 4 is 0 Å². The first-order valence-electron chi connectivity index (χ1n) is 8.44. The zero-order chi connectivity index (χ0) is 14.7. The molecule has 2 nitrogen and oxygen atoms in total. The fourth-order valence-corrected chi connectivity index (χ4v) is 4.21. The van der Waals surface area contributed by atoms with Crippen LogP contribution in [0.15, 0.2) is 18.2 Å². The van der Waals surface area contributed by atoms with Crippen LogP contribution in [0.3, 0.4) is 0 Å². The molecule has 1 atom stereocenters. The Morgan fingerprint density at radius 1 is 1.19 bits per heavy atom. The van der Waals surface area contributed by atoms with Gasteiger partial charge in [-0.2, -0.15) is 0 Å². The lowest BCUT2D eigenvalue weighted by molar-refractivity contribution is 0.181. The summed E-state index contributed by atoms with van der Waals surface area (Å²) in [5.74, 6) is 0.808. The van der Waals surface area contributed by atoms with Crippen molar-refractivity contribution in [2.75, 3.05) is 13.6 Å². The molecule has 1 aromatic rings. The van der Waals surface area contributed by atoms with Gasteiger partial charge >= 0.3 is 0 Å². The molecule has 1 saturated carbocycles. The van der Waals surface area contributed by atoms with E-state index in [9.17, 15) is 4.39 Å². The molecule has 1 saturated heterocycles. The molecule has 2 aliphatic rings.